The van der Waals surface area contributed by atoms with Gasteiger partial charge in [-0.1, -0.05) is 158 Å². The zero-order valence-electron chi connectivity index (χ0n) is 29.6. The molecule has 0 fully saturated rings. The molecule has 0 radical (unpaired) electrons. The highest BCUT2D eigenvalue weighted by molar-refractivity contribution is 6.12. The summed E-state index contributed by atoms with van der Waals surface area (Å²) < 4.78 is 6.57. The highest BCUT2D eigenvalue weighted by Crippen LogP contribution is 2.43. The van der Waals surface area contributed by atoms with Gasteiger partial charge in [0, 0.05) is 33.4 Å². The summed E-state index contributed by atoms with van der Waals surface area (Å²) in [5.74, 6) is 0. The maximum atomic E-state index is 6.57. The van der Waals surface area contributed by atoms with Gasteiger partial charge in [0.2, 0.25) is 0 Å². The van der Waals surface area contributed by atoms with Gasteiger partial charge in [-0.25, -0.2) is 0 Å². The van der Waals surface area contributed by atoms with Gasteiger partial charge < -0.3 is 9.32 Å². The summed E-state index contributed by atoms with van der Waals surface area (Å²) in [6.07, 6.45) is 0. The van der Waals surface area contributed by atoms with Gasteiger partial charge in [-0.05, 0) is 104 Å². The van der Waals surface area contributed by atoms with Crippen molar-refractivity contribution < 1.29 is 4.42 Å². The molecule has 0 saturated heterocycles. The first-order valence-electron chi connectivity index (χ1n) is 18.4. The molecular formula is C52H35NO. The fourth-order valence-corrected chi connectivity index (χ4v) is 7.76. The smallest absolute Gasteiger partial charge is 0.143 e. The van der Waals surface area contributed by atoms with Crippen molar-refractivity contribution in [1.82, 2.24) is 0 Å². The van der Waals surface area contributed by atoms with E-state index < -0.39 is 0 Å². The number of benzene rings is 9. The number of nitrogens with zero attached hydrogens (tertiary/aromatic N) is 1. The van der Waals surface area contributed by atoms with E-state index in [0.717, 1.165) is 61.3 Å². The Morgan fingerprint density at radius 3 is 1.48 bits per heavy atom. The van der Waals surface area contributed by atoms with Gasteiger partial charge in [0.1, 0.15) is 11.2 Å². The minimum atomic E-state index is 0.901. The molecule has 0 saturated carbocycles. The highest BCUT2D eigenvalue weighted by atomic mass is 16.3. The molecule has 1 aromatic heterocycles. The SMILES string of the molecule is c1ccc(-c2ccc(N(c3ccc(-c4ccc5ccccc5c4)cc3)c3ccc(-c4ccc5c(oc6ccccc65)c4-c4ccccc4)cc3)cc2)cc1. The molecule has 1 heterocycles. The van der Waals surface area contributed by atoms with Gasteiger partial charge in [0.05, 0.1) is 0 Å². The van der Waals surface area contributed by atoms with E-state index in [1.54, 1.807) is 0 Å². The molecule has 2 nitrogen and oxygen atoms in total. The number of rotatable bonds is 7. The van der Waals surface area contributed by atoms with E-state index >= 15 is 0 Å². The van der Waals surface area contributed by atoms with Crippen molar-refractivity contribution >= 4 is 49.8 Å². The van der Waals surface area contributed by atoms with Crippen LogP contribution >= 0.6 is 0 Å². The fourth-order valence-electron chi connectivity index (χ4n) is 7.76. The lowest BCUT2D eigenvalue weighted by Crippen LogP contribution is -2.09. The molecule has 0 bridgehead atoms. The first-order chi connectivity index (χ1) is 26.8. The fraction of sp³-hybridized carbons (Fsp3) is 0. The Labute approximate surface area is 314 Å². The molecule has 2 heteroatoms. The van der Waals surface area contributed by atoms with Crippen LogP contribution in [0, 0.1) is 0 Å². The topological polar surface area (TPSA) is 16.4 Å². The second-order valence-corrected chi connectivity index (χ2v) is 13.7. The summed E-state index contributed by atoms with van der Waals surface area (Å²) >= 11 is 0. The number of anilines is 3. The third kappa shape index (κ3) is 5.71. The molecule has 254 valence electrons. The maximum Gasteiger partial charge on any atom is 0.143 e. The van der Waals surface area contributed by atoms with E-state index in [0.29, 0.717) is 0 Å². The normalized spacial score (nSPS) is 11.3. The van der Waals surface area contributed by atoms with Gasteiger partial charge in [0.15, 0.2) is 0 Å². The Morgan fingerprint density at radius 2 is 0.815 bits per heavy atom. The monoisotopic (exact) mass is 689 g/mol. The van der Waals surface area contributed by atoms with Crippen LogP contribution in [0.5, 0.6) is 0 Å². The number of furan rings is 1. The van der Waals surface area contributed by atoms with Crippen molar-refractivity contribution in [3.05, 3.63) is 212 Å². The largest absolute Gasteiger partial charge is 0.455 e. The van der Waals surface area contributed by atoms with Crippen LogP contribution in [0.15, 0.2) is 217 Å². The number of fused-ring (bicyclic) bond motifs is 4. The van der Waals surface area contributed by atoms with Crippen LogP contribution in [0.3, 0.4) is 0 Å². The summed E-state index contributed by atoms with van der Waals surface area (Å²) in [6, 6.07) is 75.8. The lowest BCUT2D eigenvalue weighted by Gasteiger charge is -2.26. The van der Waals surface area contributed by atoms with E-state index in [1.807, 2.05) is 12.1 Å². The second kappa shape index (κ2) is 13.4. The number of para-hydroxylation sites is 1. The van der Waals surface area contributed by atoms with Crippen LogP contribution in [-0.4, -0.2) is 0 Å². The van der Waals surface area contributed by atoms with E-state index in [4.69, 9.17) is 4.42 Å². The summed E-state index contributed by atoms with van der Waals surface area (Å²) in [6.45, 7) is 0. The minimum absolute atomic E-state index is 0.901. The van der Waals surface area contributed by atoms with E-state index in [-0.39, 0.29) is 0 Å². The molecule has 10 aromatic rings. The van der Waals surface area contributed by atoms with Crippen LogP contribution in [-0.2, 0) is 0 Å². The molecule has 54 heavy (non-hydrogen) atoms. The molecule has 0 amide bonds. The van der Waals surface area contributed by atoms with Gasteiger partial charge in [-0.3, -0.25) is 0 Å². The molecule has 0 N–H and O–H groups in total. The van der Waals surface area contributed by atoms with Crippen molar-refractivity contribution in [2.75, 3.05) is 4.90 Å². The third-order valence-electron chi connectivity index (χ3n) is 10.5. The number of hydrogen-bond acceptors (Lipinski definition) is 2. The maximum absolute atomic E-state index is 6.57. The average Bonchev–Trinajstić information content (AvgIpc) is 3.63. The quantitative estimate of drug-likeness (QED) is 0.166. The van der Waals surface area contributed by atoms with Crippen LogP contribution in [0.1, 0.15) is 0 Å². The highest BCUT2D eigenvalue weighted by Gasteiger charge is 2.19. The van der Waals surface area contributed by atoms with Crippen LogP contribution in [0.2, 0.25) is 0 Å². The molecule has 0 aliphatic rings. The van der Waals surface area contributed by atoms with Gasteiger partial charge in [0.25, 0.3) is 0 Å². The molecule has 10 rings (SSSR count). The predicted octanol–water partition coefficient (Wildman–Crippen LogP) is 14.9. The number of hydrogen-bond donors (Lipinski definition) is 0. The lowest BCUT2D eigenvalue weighted by molar-refractivity contribution is 0.670. The summed E-state index contributed by atoms with van der Waals surface area (Å²) in [7, 11) is 0. The van der Waals surface area contributed by atoms with Gasteiger partial charge in [-0.15, -0.1) is 0 Å². The summed E-state index contributed by atoms with van der Waals surface area (Å²) in [5, 5.41) is 4.75. The Kier molecular flexibility index (Phi) is 7.85. The summed E-state index contributed by atoms with van der Waals surface area (Å²) in [5.41, 5.74) is 14.4. The average molecular weight is 690 g/mol. The molecule has 0 aliphatic carbocycles. The molecular weight excluding hydrogens is 655 g/mol. The van der Waals surface area contributed by atoms with Crippen LogP contribution in [0.4, 0.5) is 17.1 Å². The standard InChI is InChI=1S/C52H35NO/c1-3-11-36(12-4-1)38-21-27-44(28-22-38)53(45-29-23-39(24-30-45)43-20-19-37-13-7-8-16-42(37)35-43)46-31-25-40(26-32-46)47-33-34-49-48-17-9-10-18-50(48)54-52(49)51(47)41-14-5-2-6-15-41/h1-35H. The minimum Gasteiger partial charge on any atom is -0.455 e. The zero-order chi connectivity index (χ0) is 35.8. The van der Waals surface area contributed by atoms with Gasteiger partial charge in [-0.2, -0.15) is 0 Å². The molecule has 0 aliphatic heterocycles. The Hall–Kier alpha value is -7.16. The van der Waals surface area contributed by atoms with Crippen molar-refractivity contribution in [2.24, 2.45) is 0 Å². The molecule has 0 atom stereocenters. The first-order valence-corrected chi connectivity index (χ1v) is 18.4. The zero-order valence-corrected chi connectivity index (χ0v) is 29.6. The molecule has 9 aromatic carbocycles. The van der Waals surface area contributed by atoms with Crippen molar-refractivity contribution in [3.8, 4) is 44.5 Å². The van der Waals surface area contributed by atoms with Crippen molar-refractivity contribution in [3.63, 3.8) is 0 Å². The molecule has 0 unspecified atom stereocenters. The van der Waals surface area contributed by atoms with Gasteiger partial charge >= 0.3 is 0 Å². The van der Waals surface area contributed by atoms with Crippen molar-refractivity contribution in [1.29, 1.82) is 0 Å². The Balaban J connectivity index is 1.07. The molecule has 0 spiro atoms. The van der Waals surface area contributed by atoms with E-state index in [2.05, 4.69) is 205 Å². The van der Waals surface area contributed by atoms with E-state index in [1.165, 1.54) is 33.0 Å². The van der Waals surface area contributed by atoms with Crippen molar-refractivity contribution in [2.45, 2.75) is 0 Å². The first kappa shape index (κ1) is 31.6. The van der Waals surface area contributed by atoms with Crippen LogP contribution < -0.4 is 4.90 Å². The third-order valence-corrected chi connectivity index (χ3v) is 10.5. The summed E-state index contributed by atoms with van der Waals surface area (Å²) in [4.78, 5) is 2.34. The second-order valence-electron chi connectivity index (χ2n) is 13.7. The lowest BCUT2D eigenvalue weighted by atomic mass is 9.92. The van der Waals surface area contributed by atoms with Crippen LogP contribution in [0.25, 0.3) is 77.2 Å². The van der Waals surface area contributed by atoms with E-state index in [9.17, 15) is 0 Å². The Morgan fingerprint density at radius 1 is 0.315 bits per heavy atom. The predicted molar refractivity (Wildman–Crippen MR) is 228 cm³/mol. The Bertz CT molecular complexity index is 2890.